The average molecular weight is 269 g/mol. The third-order valence-corrected chi connectivity index (χ3v) is 3.57. The van der Waals surface area contributed by atoms with Crippen LogP contribution in [0.2, 0.25) is 0 Å². The smallest absolute Gasteiger partial charge is 0.0346 e. The number of pyridine rings is 1. The molecule has 0 atom stereocenters. The van der Waals surface area contributed by atoms with E-state index in [0.717, 1.165) is 38.0 Å². The van der Waals surface area contributed by atoms with Crippen molar-refractivity contribution >= 4 is 5.69 Å². The lowest BCUT2D eigenvalue weighted by Crippen LogP contribution is -2.22. The summed E-state index contributed by atoms with van der Waals surface area (Å²) in [5.74, 6) is 0. The first-order valence-electron chi connectivity index (χ1n) is 7.16. The van der Waals surface area contributed by atoms with Gasteiger partial charge in [-0.2, -0.15) is 0 Å². The molecule has 1 aromatic carbocycles. The summed E-state index contributed by atoms with van der Waals surface area (Å²) >= 11 is 0. The maximum Gasteiger partial charge on any atom is 0.0346 e. The highest BCUT2D eigenvalue weighted by atomic mass is 15.1. The Labute approximate surface area is 121 Å². The second kappa shape index (κ2) is 7.65. The van der Waals surface area contributed by atoms with Gasteiger partial charge in [-0.25, -0.2) is 0 Å². The first-order valence-corrected chi connectivity index (χ1v) is 7.16. The molecule has 1 aromatic heterocycles. The first-order chi connectivity index (χ1) is 9.75. The molecule has 20 heavy (non-hydrogen) atoms. The lowest BCUT2D eigenvalue weighted by molar-refractivity contribution is 0.333. The molecule has 0 saturated carbocycles. The topological polar surface area (TPSA) is 42.1 Å². The van der Waals surface area contributed by atoms with Crippen LogP contribution in [0.25, 0.3) is 0 Å². The molecule has 0 aliphatic carbocycles. The van der Waals surface area contributed by atoms with Crippen molar-refractivity contribution in [1.29, 1.82) is 0 Å². The summed E-state index contributed by atoms with van der Waals surface area (Å²) in [7, 11) is 2.18. The van der Waals surface area contributed by atoms with Gasteiger partial charge in [0.25, 0.3) is 0 Å². The fraction of sp³-hybridized carbons (Fsp3) is 0.353. The monoisotopic (exact) mass is 269 g/mol. The number of hydrogen-bond donors (Lipinski definition) is 1. The number of para-hydroxylation sites is 1. The maximum absolute atomic E-state index is 5.95. The molecule has 2 aromatic rings. The largest absolute Gasteiger partial charge is 0.399 e. The highest BCUT2D eigenvalue weighted by Gasteiger charge is 2.02. The Bertz CT molecular complexity index is 511. The summed E-state index contributed by atoms with van der Waals surface area (Å²) in [6, 6.07) is 12.3. The molecule has 1 heterocycles. The van der Waals surface area contributed by atoms with E-state index in [0.29, 0.717) is 0 Å². The minimum atomic E-state index is 0.909. The van der Waals surface area contributed by atoms with E-state index in [1.54, 1.807) is 0 Å². The van der Waals surface area contributed by atoms with Crippen LogP contribution in [0.1, 0.15) is 17.5 Å². The minimum absolute atomic E-state index is 0.909. The van der Waals surface area contributed by atoms with Gasteiger partial charge in [-0.15, -0.1) is 0 Å². The summed E-state index contributed by atoms with van der Waals surface area (Å²) in [4.78, 5) is 6.41. The van der Waals surface area contributed by atoms with Crippen LogP contribution in [0.5, 0.6) is 0 Å². The highest BCUT2D eigenvalue weighted by Crippen LogP contribution is 2.12. The standard InChI is InChI=1S/C17H23N3/c1-20(14-10-15-8-11-19-12-9-15)13-4-6-16-5-2-3-7-17(16)18/h2-3,5,7-9,11-12H,4,6,10,13-14,18H2,1H3. The zero-order valence-electron chi connectivity index (χ0n) is 12.1. The van der Waals surface area contributed by atoms with Crippen molar-refractivity contribution in [2.45, 2.75) is 19.3 Å². The molecule has 0 unspecified atom stereocenters. The number of anilines is 1. The Hall–Kier alpha value is -1.87. The average Bonchev–Trinajstić information content (AvgIpc) is 2.48. The number of nitrogens with two attached hydrogens (primary N) is 1. The summed E-state index contributed by atoms with van der Waals surface area (Å²) in [5.41, 5.74) is 9.47. The minimum Gasteiger partial charge on any atom is -0.399 e. The molecule has 0 aliphatic heterocycles. The molecule has 0 aliphatic rings. The Balaban J connectivity index is 1.68. The molecule has 2 N–H and O–H groups in total. The fourth-order valence-electron chi connectivity index (χ4n) is 2.28. The predicted molar refractivity (Wildman–Crippen MR) is 84.6 cm³/mol. The van der Waals surface area contributed by atoms with E-state index in [-0.39, 0.29) is 0 Å². The van der Waals surface area contributed by atoms with Crippen LogP contribution in [0.4, 0.5) is 5.69 Å². The Morgan fingerprint density at radius 3 is 2.50 bits per heavy atom. The van der Waals surface area contributed by atoms with Crippen molar-refractivity contribution in [1.82, 2.24) is 9.88 Å². The van der Waals surface area contributed by atoms with E-state index < -0.39 is 0 Å². The number of hydrogen-bond acceptors (Lipinski definition) is 3. The molecule has 2 rings (SSSR count). The summed E-state index contributed by atoms with van der Waals surface area (Å²) in [6.07, 6.45) is 6.97. The number of likely N-dealkylation sites (N-methyl/N-ethyl adjacent to an activating group) is 1. The van der Waals surface area contributed by atoms with Gasteiger partial charge in [-0.05, 0) is 62.2 Å². The Morgan fingerprint density at radius 2 is 1.75 bits per heavy atom. The van der Waals surface area contributed by atoms with Gasteiger partial charge < -0.3 is 10.6 Å². The third kappa shape index (κ3) is 4.67. The van der Waals surface area contributed by atoms with Crippen molar-refractivity contribution < 1.29 is 0 Å². The van der Waals surface area contributed by atoms with E-state index in [4.69, 9.17) is 5.73 Å². The van der Waals surface area contributed by atoms with E-state index >= 15 is 0 Å². The highest BCUT2D eigenvalue weighted by molar-refractivity contribution is 5.46. The molecule has 3 nitrogen and oxygen atoms in total. The van der Waals surface area contributed by atoms with Gasteiger partial charge in [0, 0.05) is 24.6 Å². The molecular weight excluding hydrogens is 246 g/mol. The van der Waals surface area contributed by atoms with Gasteiger partial charge >= 0.3 is 0 Å². The quantitative estimate of drug-likeness (QED) is 0.786. The summed E-state index contributed by atoms with van der Waals surface area (Å²) in [6.45, 7) is 2.17. The van der Waals surface area contributed by atoms with Crippen LogP contribution in [0.15, 0.2) is 48.8 Å². The number of nitrogens with zero attached hydrogens (tertiary/aromatic N) is 2. The van der Waals surface area contributed by atoms with Gasteiger partial charge in [0.1, 0.15) is 0 Å². The van der Waals surface area contributed by atoms with Gasteiger partial charge in [0.05, 0.1) is 0 Å². The predicted octanol–water partition coefficient (Wildman–Crippen LogP) is 2.77. The molecule has 106 valence electrons. The van der Waals surface area contributed by atoms with Gasteiger partial charge in [-0.1, -0.05) is 18.2 Å². The molecule has 0 bridgehead atoms. The number of aromatic nitrogens is 1. The van der Waals surface area contributed by atoms with Crippen molar-refractivity contribution in [3.63, 3.8) is 0 Å². The SMILES string of the molecule is CN(CCCc1ccccc1N)CCc1ccncc1. The van der Waals surface area contributed by atoms with E-state index in [9.17, 15) is 0 Å². The van der Waals surface area contributed by atoms with Crippen LogP contribution < -0.4 is 5.73 Å². The second-order valence-corrected chi connectivity index (χ2v) is 5.21. The van der Waals surface area contributed by atoms with Crippen LogP contribution in [-0.2, 0) is 12.8 Å². The summed E-state index contributed by atoms with van der Waals surface area (Å²) < 4.78 is 0. The summed E-state index contributed by atoms with van der Waals surface area (Å²) in [5, 5.41) is 0. The van der Waals surface area contributed by atoms with Gasteiger partial charge in [0.2, 0.25) is 0 Å². The van der Waals surface area contributed by atoms with Gasteiger partial charge in [-0.3, -0.25) is 4.98 Å². The van der Waals surface area contributed by atoms with Crippen molar-refractivity contribution in [2.24, 2.45) is 0 Å². The van der Waals surface area contributed by atoms with E-state index in [1.165, 1.54) is 11.1 Å². The first kappa shape index (κ1) is 14.5. The molecule has 0 radical (unpaired) electrons. The van der Waals surface area contributed by atoms with Crippen molar-refractivity contribution in [2.75, 3.05) is 25.9 Å². The van der Waals surface area contributed by atoms with Gasteiger partial charge in [0.15, 0.2) is 0 Å². The number of nitrogen functional groups attached to an aromatic ring is 1. The lowest BCUT2D eigenvalue weighted by Gasteiger charge is -2.16. The lowest BCUT2D eigenvalue weighted by atomic mass is 10.1. The normalized spacial score (nSPS) is 10.9. The zero-order valence-corrected chi connectivity index (χ0v) is 12.1. The molecule has 0 spiro atoms. The van der Waals surface area contributed by atoms with E-state index in [2.05, 4.69) is 41.2 Å². The van der Waals surface area contributed by atoms with Crippen molar-refractivity contribution in [3.8, 4) is 0 Å². The van der Waals surface area contributed by atoms with E-state index in [1.807, 2.05) is 24.5 Å². The Morgan fingerprint density at radius 1 is 1.00 bits per heavy atom. The van der Waals surface area contributed by atoms with Crippen LogP contribution in [0.3, 0.4) is 0 Å². The Kier molecular flexibility index (Phi) is 5.56. The third-order valence-electron chi connectivity index (χ3n) is 3.57. The van der Waals surface area contributed by atoms with Crippen LogP contribution >= 0.6 is 0 Å². The van der Waals surface area contributed by atoms with Crippen molar-refractivity contribution in [3.05, 3.63) is 59.9 Å². The molecular formula is C17H23N3. The molecule has 0 fully saturated rings. The fourth-order valence-corrected chi connectivity index (χ4v) is 2.28. The van der Waals surface area contributed by atoms with Crippen LogP contribution in [-0.4, -0.2) is 30.0 Å². The van der Waals surface area contributed by atoms with Crippen LogP contribution in [0, 0.1) is 0 Å². The molecule has 0 amide bonds. The number of benzene rings is 1. The second-order valence-electron chi connectivity index (χ2n) is 5.21. The molecule has 3 heteroatoms. The maximum atomic E-state index is 5.95. The zero-order chi connectivity index (χ0) is 14.2. The number of aryl methyl sites for hydroxylation is 1. The number of rotatable bonds is 7. The molecule has 0 saturated heterocycles.